The molecule has 2 aromatic heterocycles. The van der Waals surface area contributed by atoms with Crippen molar-refractivity contribution in [3.05, 3.63) is 119 Å². The molecule has 4 heterocycles. The Hall–Kier alpha value is -5.02. The van der Waals surface area contributed by atoms with Crippen LogP contribution in [-0.4, -0.2) is 29.6 Å². The van der Waals surface area contributed by atoms with Gasteiger partial charge in [0.1, 0.15) is 17.6 Å². The van der Waals surface area contributed by atoms with Gasteiger partial charge in [0.2, 0.25) is 5.13 Å². The Labute approximate surface area is 233 Å². The summed E-state index contributed by atoms with van der Waals surface area (Å²) >= 11 is 1.50. The van der Waals surface area contributed by atoms with E-state index in [1.54, 1.807) is 49.8 Å². The molecule has 5 aromatic rings. The van der Waals surface area contributed by atoms with E-state index >= 15 is 0 Å². The summed E-state index contributed by atoms with van der Waals surface area (Å²) in [6.07, 6.45) is 2.34. The van der Waals surface area contributed by atoms with Crippen molar-refractivity contribution in [3.63, 3.8) is 0 Å². The van der Waals surface area contributed by atoms with E-state index in [1.807, 2.05) is 58.9 Å². The number of hydrogen-bond donors (Lipinski definition) is 0. The van der Waals surface area contributed by atoms with Crippen molar-refractivity contribution in [3.8, 4) is 17.0 Å². The van der Waals surface area contributed by atoms with Crippen molar-refractivity contribution >= 4 is 39.7 Å². The van der Waals surface area contributed by atoms with Crippen LogP contribution in [0.1, 0.15) is 44.5 Å². The van der Waals surface area contributed by atoms with Crippen LogP contribution < -0.4 is 14.6 Å². The van der Waals surface area contributed by atoms with Gasteiger partial charge in [-0.1, -0.05) is 24.3 Å². The van der Waals surface area contributed by atoms with Crippen molar-refractivity contribution in [2.75, 3.05) is 17.0 Å². The number of nitrogens with zero attached hydrogens (tertiary/aromatic N) is 4. The molecule has 1 unspecified atom stereocenters. The number of carbonyl (C=O) groups excluding carboxylic acids is 2. The van der Waals surface area contributed by atoms with E-state index in [1.165, 1.54) is 16.2 Å². The number of carbonyl (C=O) groups is 2. The molecule has 0 spiro atoms. The number of hydrogen-bond acceptors (Lipinski definition) is 8. The first-order valence-electron chi connectivity index (χ1n) is 12.7. The summed E-state index contributed by atoms with van der Waals surface area (Å²) in [7, 11) is 1.65. The molecule has 2 amide bonds. The number of rotatable bonds is 6. The van der Waals surface area contributed by atoms with Crippen LogP contribution in [0.3, 0.4) is 0 Å². The van der Waals surface area contributed by atoms with Gasteiger partial charge in [-0.15, -0.1) is 11.3 Å². The minimum Gasteiger partial charge on any atom is -0.497 e. The standard InChI is InChI=1S/C31H22N4O4S/c1-38-22-14-10-19(11-15-22)25-17-27(28-7-4-16-39-28)35(33-25)31-32-26(18-40-31)20-8-12-21(13-9-20)34-29(36)23-5-2-3-6-24(23)30(34)37/h2-16,18,27H,17H2,1H3. The topological polar surface area (TPSA) is 88.2 Å². The molecule has 3 aromatic carbocycles. The first-order chi connectivity index (χ1) is 19.6. The number of ether oxygens (including phenoxy) is 1. The number of imide groups is 1. The highest BCUT2D eigenvalue weighted by atomic mass is 32.1. The molecule has 0 saturated heterocycles. The molecular weight excluding hydrogens is 524 g/mol. The smallest absolute Gasteiger partial charge is 0.266 e. The third-order valence-corrected chi connectivity index (χ3v) is 7.94. The van der Waals surface area contributed by atoms with Gasteiger partial charge >= 0.3 is 0 Å². The zero-order chi connectivity index (χ0) is 27.2. The van der Waals surface area contributed by atoms with E-state index < -0.39 is 0 Å². The quantitative estimate of drug-likeness (QED) is 0.224. The third-order valence-electron chi connectivity index (χ3n) is 7.11. The molecule has 0 saturated carbocycles. The van der Waals surface area contributed by atoms with E-state index in [0.717, 1.165) is 39.2 Å². The van der Waals surface area contributed by atoms with Crippen LogP contribution in [0.25, 0.3) is 11.3 Å². The highest BCUT2D eigenvalue weighted by Crippen LogP contribution is 2.40. The van der Waals surface area contributed by atoms with E-state index in [-0.39, 0.29) is 17.9 Å². The lowest BCUT2D eigenvalue weighted by Gasteiger charge is -2.18. The maximum Gasteiger partial charge on any atom is 0.266 e. The van der Waals surface area contributed by atoms with Gasteiger partial charge in [0.15, 0.2) is 0 Å². The maximum absolute atomic E-state index is 12.9. The number of amides is 2. The van der Waals surface area contributed by atoms with Crippen LogP contribution in [0.2, 0.25) is 0 Å². The predicted octanol–water partition coefficient (Wildman–Crippen LogP) is 6.57. The summed E-state index contributed by atoms with van der Waals surface area (Å²) in [6, 6.07) is 25.7. The summed E-state index contributed by atoms with van der Waals surface area (Å²) in [5.74, 6) is 0.982. The number of benzene rings is 3. The van der Waals surface area contributed by atoms with Crippen LogP contribution in [-0.2, 0) is 0 Å². The Morgan fingerprint density at radius 2 is 1.57 bits per heavy atom. The Morgan fingerprint density at radius 1 is 0.875 bits per heavy atom. The molecule has 1 atom stereocenters. The fourth-order valence-corrected chi connectivity index (χ4v) is 5.89. The van der Waals surface area contributed by atoms with E-state index in [0.29, 0.717) is 23.2 Å². The van der Waals surface area contributed by atoms with Crippen molar-refractivity contribution in [2.24, 2.45) is 5.10 Å². The maximum atomic E-state index is 12.9. The van der Waals surface area contributed by atoms with Crippen LogP contribution in [0.4, 0.5) is 10.8 Å². The highest BCUT2D eigenvalue weighted by molar-refractivity contribution is 7.14. The number of furan rings is 1. The zero-order valence-electron chi connectivity index (χ0n) is 21.4. The van der Waals surface area contributed by atoms with Crippen LogP contribution in [0.5, 0.6) is 5.75 Å². The molecular formula is C31H22N4O4S. The van der Waals surface area contributed by atoms with E-state index in [9.17, 15) is 9.59 Å². The second-order valence-electron chi connectivity index (χ2n) is 9.41. The third kappa shape index (κ3) is 3.99. The number of hydrazone groups is 1. The number of methoxy groups -OCH3 is 1. The van der Waals surface area contributed by atoms with Gasteiger partial charge in [0.25, 0.3) is 11.8 Å². The Balaban J connectivity index is 1.16. The van der Waals surface area contributed by atoms with Gasteiger partial charge in [0.05, 0.1) is 41.6 Å². The number of anilines is 2. The molecule has 2 aliphatic rings. The van der Waals surface area contributed by atoms with Gasteiger partial charge in [-0.3, -0.25) is 9.59 Å². The average Bonchev–Trinajstić information content (AvgIpc) is 3.80. The largest absolute Gasteiger partial charge is 0.497 e. The second-order valence-corrected chi connectivity index (χ2v) is 10.2. The Morgan fingerprint density at radius 3 is 2.23 bits per heavy atom. The first-order valence-corrected chi connectivity index (χ1v) is 13.6. The Bertz CT molecular complexity index is 1720. The van der Waals surface area contributed by atoms with Gasteiger partial charge in [-0.05, 0) is 66.2 Å². The molecule has 0 radical (unpaired) electrons. The first kappa shape index (κ1) is 24.1. The molecule has 0 bridgehead atoms. The lowest BCUT2D eigenvalue weighted by atomic mass is 10.0. The lowest BCUT2D eigenvalue weighted by molar-refractivity contribution is 0.0926. The fraction of sp³-hybridized carbons (Fsp3) is 0.0968. The highest BCUT2D eigenvalue weighted by Gasteiger charge is 2.36. The molecule has 8 nitrogen and oxygen atoms in total. The molecule has 0 N–H and O–H groups in total. The van der Waals surface area contributed by atoms with E-state index in [4.69, 9.17) is 19.2 Å². The number of thiazole rings is 1. The minimum absolute atomic E-state index is 0.123. The number of aromatic nitrogens is 1. The normalized spacial score (nSPS) is 16.4. The van der Waals surface area contributed by atoms with Gasteiger partial charge in [0, 0.05) is 17.4 Å². The van der Waals surface area contributed by atoms with Crippen molar-refractivity contribution < 1.29 is 18.7 Å². The molecule has 2 aliphatic heterocycles. The second kappa shape index (κ2) is 9.62. The summed E-state index contributed by atoms with van der Waals surface area (Å²) in [5.41, 5.74) is 4.97. The lowest BCUT2D eigenvalue weighted by Crippen LogP contribution is -2.29. The summed E-state index contributed by atoms with van der Waals surface area (Å²) in [6.45, 7) is 0. The van der Waals surface area contributed by atoms with Crippen LogP contribution >= 0.6 is 11.3 Å². The van der Waals surface area contributed by atoms with Crippen molar-refractivity contribution in [1.29, 1.82) is 0 Å². The minimum atomic E-state index is -0.312. The zero-order valence-corrected chi connectivity index (χ0v) is 22.2. The van der Waals surface area contributed by atoms with Crippen LogP contribution in [0.15, 0.2) is 106 Å². The average molecular weight is 547 g/mol. The number of fused-ring (bicyclic) bond motifs is 1. The predicted molar refractivity (Wildman–Crippen MR) is 153 cm³/mol. The summed E-state index contributed by atoms with van der Waals surface area (Å²) in [5, 5.41) is 9.58. The van der Waals surface area contributed by atoms with Crippen molar-refractivity contribution in [1.82, 2.24) is 4.98 Å². The molecule has 196 valence electrons. The van der Waals surface area contributed by atoms with Gasteiger partial charge in [-0.2, -0.15) is 5.10 Å². The molecule has 0 aliphatic carbocycles. The monoisotopic (exact) mass is 546 g/mol. The van der Waals surface area contributed by atoms with Gasteiger partial charge < -0.3 is 9.15 Å². The molecule has 0 fully saturated rings. The summed E-state index contributed by atoms with van der Waals surface area (Å²) in [4.78, 5) is 31.8. The fourth-order valence-electron chi connectivity index (χ4n) is 5.05. The molecule has 9 heteroatoms. The van der Waals surface area contributed by atoms with Crippen LogP contribution in [0, 0.1) is 0 Å². The summed E-state index contributed by atoms with van der Waals surface area (Å²) < 4.78 is 11.1. The van der Waals surface area contributed by atoms with Gasteiger partial charge in [-0.25, -0.2) is 14.9 Å². The molecule has 7 rings (SSSR count). The Kier molecular flexibility index (Phi) is 5.78. The molecule has 40 heavy (non-hydrogen) atoms. The van der Waals surface area contributed by atoms with E-state index in [2.05, 4.69) is 0 Å². The SMILES string of the molecule is COc1ccc(C2=NN(c3nc(-c4ccc(N5C(=O)c6ccccc6C5=O)cc4)cs3)C(c3ccco3)C2)cc1. The van der Waals surface area contributed by atoms with Crippen molar-refractivity contribution in [2.45, 2.75) is 12.5 Å².